The molecular weight excluding hydrogens is 617 g/mol. The smallest absolute Gasteiger partial charge is 0.244 e. The Morgan fingerprint density at radius 3 is 2.24 bits per heavy atom. The van der Waals surface area contributed by atoms with Crippen LogP contribution in [0.3, 0.4) is 0 Å². The Labute approximate surface area is 262 Å². The van der Waals surface area contributed by atoms with Crippen LogP contribution in [0.2, 0.25) is 15.1 Å². The molecule has 0 bridgehead atoms. The van der Waals surface area contributed by atoms with Crippen LogP contribution in [0.4, 0.5) is 5.69 Å². The summed E-state index contributed by atoms with van der Waals surface area (Å²) < 4.78 is 27.1. The largest absolute Gasteiger partial charge is 0.352 e. The zero-order chi connectivity index (χ0) is 30.4. The van der Waals surface area contributed by atoms with Crippen molar-refractivity contribution in [3.05, 3.63) is 98.5 Å². The van der Waals surface area contributed by atoms with Crippen LogP contribution in [0.1, 0.15) is 42.4 Å². The van der Waals surface area contributed by atoms with Gasteiger partial charge in [-0.05, 0) is 60.7 Å². The van der Waals surface area contributed by atoms with Gasteiger partial charge >= 0.3 is 0 Å². The fourth-order valence-corrected chi connectivity index (χ4v) is 6.61. The molecule has 3 aromatic carbocycles. The van der Waals surface area contributed by atoms with E-state index in [0.717, 1.165) is 41.8 Å². The first-order valence-corrected chi connectivity index (χ1v) is 16.7. The summed E-state index contributed by atoms with van der Waals surface area (Å²) in [5, 5.41) is 4.19. The standard InChI is InChI=1S/C31H34Cl3N3O4S/c1-21-25(32)13-8-14-28(21)37(42(2,40)41)20-30(38)36(19-23-15-16-26(33)27(34)17-23)29(18-22-9-4-3-5-10-22)31(39)35-24-11-6-7-12-24/h3-5,8-10,13-17,24,29H,6-7,11-12,18-20H2,1-2H3,(H,35,39)/t29-/m0/s1. The summed E-state index contributed by atoms with van der Waals surface area (Å²) in [5.74, 6) is -0.836. The molecule has 0 spiro atoms. The quantitative estimate of drug-likeness (QED) is 0.260. The van der Waals surface area contributed by atoms with Crippen LogP contribution in [0.25, 0.3) is 0 Å². The van der Waals surface area contributed by atoms with Crippen molar-refractivity contribution in [3.8, 4) is 0 Å². The van der Waals surface area contributed by atoms with Gasteiger partial charge < -0.3 is 10.2 Å². The second-order valence-corrected chi connectivity index (χ2v) is 13.7. The molecule has 7 nitrogen and oxygen atoms in total. The van der Waals surface area contributed by atoms with Crippen molar-refractivity contribution in [2.75, 3.05) is 17.1 Å². The van der Waals surface area contributed by atoms with Gasteiger partial charge in [-0.3, -0.25) is 13.9 Å². The highest BCUT2D eigenvalue weighted by molar-refractivity contribution is 7.92. The van der Waals surface area contributed by atoms with E-state index < -0.39 is 28.5 Å². The number of hydrogen-bond acceptors (Lipinski definition) is 4. The molecule has 1 saturated carbocycles. The summed E-state index contributed by atoms with van der Waals surface area (Å²) in [7, 11) is -3.91. The maximum absolute atomic E-state index is 14.2. The van der Waals surface area contributed by atoms with Crippen LogP contribution >= 0.6 is 34.8 Å². The third kappa shape index (κ3) is 8.19. The van der Waals surface area contributed by atoms with E-state index in [9.17, 15) is 18.0 Å². The Hall–Kier alpha value is -2.78. The van der Waals surface area contributed by atoms with Gasteiger partial charge in [-0.1, -0.05) is 90.1 Å². The molecule has 0 radical (unpaired) electrons. The van der Waals surface area contributed by atoms with Gasteiger partial charge in [0, 0.05) is 24.0 Å². The van der Waals surface area contributed by atoms with Gasteiger partial charge in [0.1, 0.15) is 12.6 Å². The number of carbonyl (C=O) groups is 2. The molecule has 0 heterocycles. The minimum Gasteiger partial charge on any atom is -0.352 e. The van der Waals surface area contributed by atoms with Crippen LogP contribution in [0, 0.1) is 6.92 Å². The second-order valence-electron chi connectivity index (χ2n) is 10.6. The minimum absolute atomic E-state index is 0.0113. The Morgan fingerprint density at radius 2 is 1.60 bits per heavy atom. The molecule has 1 atom stereocenters. The molecular formula is C31H34Cl3N3O4S. The zero-order valence-electron chi connectivity index (χ0n) is 23.5. The van der Waals surface area contributed by atoms with Crippen LogP contribution in [-0.4, -0.2) is 50.0 Å². The summed E-state index contributed by atoms with van der Waals surface area (Å²) in [6.45, 7) is 1.18. The maximum Gasteiger partial charge on any atom is 0.244 e. The summed E-state index contributed by atoms with van der Waals surface area (Å²) in [6, 6.07) is 18.4. The lowest BCUT2D eigenvalue weighted by molar-refractivity contribution is -0.140. The first-order valence-electron chi connectivity index (χ1n) is 13.7. The number of amides is 2. The van der Waals surface area contributed by atoms with Crippen molar-refractivity contribution in [1.82, 2.24) is 10.2 Å². The Balaban J connectivity index is 1.76. The summed E-state index contributed by atoms with van der Waals surface area (Å²) in [6.07, 6.45) is 5.09. The van der Waals surface area contributed by atoms with Crippen molar-refractivity contribution >= 4 is 62.3 Å². The molecule has 224 valence electrons. The molecule has 0 aromatic heterocycles. The molecule has 3 aromatic rings. The molecule has 4 rings (SSSR count). The number of nitrogens with zero attached hydrogens (tertiary/aromatic N) is 2. The number of rotatable bonds is 11. The fraction of sp³-hybridized carbons (Fsp3) is 0.355. The SMILES string of the molecule is Cc1c(Cl)cccc1N(CC(=O)N(Cc1ccc(Cl)c(Cl)c1)[C@@H](Cc1ccccc1)C(=O)NC1CCCC1)S(C)(=O)=O. The molecule has 1 N–H and O–H groups in total. The topological polar surface area (TPSA) is 86.8 Å². The summed E-state index contributed by atoms with van der Waals surface area (Å²) in [5.41, 5.74) is 2.33. The van der Waals surface area contributed by atoms with E-state index in [4.69, 9.17) is 34.8 Å². The third-order valence-electron chi connectivity index (χ3n) is 7.50. The van der Waals surface area contributed by atoms with E-state index >= 15 is 0 Å². The average molecular weight is 651 g/mol. The highest BCUT2D eigenvalue weighted by atomic mass is 35.5. The van der Waals surface area contributed by atoms with Gasteiger partial charge in [0.25, 0.3) is 0 Å². The van der Waals surface area contributed by atoms with Gasteiger partial charge in [-0.25, -0.2) is 8.42 Å². The molecule has 0 aliphatic heterocycles. The van der Waals surface area contributed by atoms with Crippen LogP contribution in [0.15, 0.2) is 66.7 Å². The number of carbonyl (C=O) groups excluding carboxylic acids is 2. The van der Waals surface area contributed by atoms with Gasteiger partial charge in [-0.2, -0.15) is 0 Å². The molecule has 2 amide bonds. The highest BCUT2D eigenvalue weighted by Gasteiger charge is 2.34. The van der Waals surface area contributed by atoms with E-state index in [1.807, 2.05) is 30.3 Å². The lowest BCUT2D eigenvalue weighted by atomic mass is 10.0. The predicted octanol–water partition coefficient (Wildman–Crippen LogP) is 6.42. The van der Waals surface area contributed by atoms with Crippen molar-refractivity contribution in [2.24, 2.45) is 0 Å². The predicted molar refractivity (Wildman–Crippen MR) is 170 cm³/mol. The third-order valence-corrected chi connectivity index (χ3v) is 9.77. The zero-order valence-corrected chi connectivity index (χ0v) is 26.6. The van der Waals surface area contributed by atoms with Crippen molar-refractivity contribution < 1.29 is 18.0 Å². The number of sulfonamides is 1. The van der Waals surface area contributed by atoms with E-state index in [0.29, 0.717) is 31.9 Å². The van der Waals surface area contributed by atoms with Gasteiger partial charge in [-0.15, -0.1) is 0 Å². The molecule has 0 saturated heterocycles. The van der Waals surface area contributed by atoms with Gasteiger partial charge in [0.05, 0.1) is 22.0 Å². The first-order chi connectivity index (χ1) is 19.9. The molecule has 11 heteroatoms. The monoisotopic (exact) mass is 649 g/mol. The molecule has 1 fully saturated rings. The Bertz CT molecular complexity index is 1530. The Morgan fingerprint density at radius 1 is 0.905 bits per heavy atom. The number of hydrogen-bond donors (Lipinski definition) is 1. The van der Waals surface area contributed by atoms with Gasteiger partial charge in [0.2, 0.25) is 21.8 Å². The first kappa shape index (κ1) is 32.1. The highest BCUT2D eigenvalue weighted by Crippen LogP contribution is 2.29. The number of benzene rings is 3. The molecule has 1 aliphatic carbocycles. The van der Waals surface area contributed by atoms with Crippen molar-refractivity contribution in [1.29, 1.82) is 0 Å². The molecule has 0 unspecified atom stereocenters. The van der Waals surface area contributed by atoms with E-state index in [-0.39, 0.29) is 24.9 Å². The lowest BCUT2D eigenvalue weighted by Crippen LogP contribution is -2.54. The minimum atomic E-state index is -3.91. The van der Waals surface area contributed by atoms with Crippen LogP contribution in [0.5, 0.6) is 0 Å². The maximum atomic E-state index is 14.2. The normalized spacial score (nSPS) is 14.4. The van der Waals surface area contributed by atoms with Crippen molar-refractivity contribution in [3.63, 3.8) is 0 Å². The average Bonchev–Trinajstić information content (AvgIpc) is 3.46. The van der Waals surface area contributed by atoms with Gasteiger partial charge in [0.15, 0.2) is 0 Å². The number of halogens is 3. The van der Waals surface area contributed by atoms with E-state index in [2.05, 4.69) is 5.32 Å². The number of anilines is 1. The fourth-order valence-electron chi connectivity index (χ4n) is 5.22. The lowest BCUT2D eigenvalue weighted by Gasteiger charge is -2.34. The van der Waals surface area contributed by atoms with E-state index in [1.165, 1.54) is 4.90 Å². The van der Waals surface area contributed by atoms with Crippen LogP contribution in [-0.2, 0) is 32.6 Å². The summed E-state index contributed by atoms with van der Waals surface area (Å²) >= 11 is 18.8. The van der Waals surface area contributed by atoms with Crippen LogP contribution < -0.4 is 9.62 Å². The summed E-state index contributed by atoms with van der Waals surface area (Å²) in [4.78, 5) is 29.6. The van der Waals surface area contributed by atoms with Crippen molar-refractivity contribution in [2.45, 2.75) is 57.7 Å². The second kappa shape index (κ2) is 14.1. The number of nitrogens with one attached hydrogen (secondary N) is 1. The molecule has 1 aliphatic rings. The molecule has 42 heavy (non-hydrogen) atoms. The van der Waals surface area contributed by atoms with E-state index in [1.54, 1.807) is 43.3 Å². The Kier molecular flexibility index (Phi) is 10.8.